The fourth-order valence-electron chi connectivity index (χ4n) is 2.40. The number of amides is 2. The van der Waals surface area contributed by atoms with Gasteiger partial charge in [-0.2, -0.15) is 0 Å². The van der Waals surface area contributed by atoms with Crippen LogP contribution in [0.1, 0.15) is 45.4 Å². The fraction of sp³-hybridized carbons (Fsp3) is 0.857. The van der Waals surface area contributed by atoms with Gasteiger partial charge in [-0.05, 0) is 32.1 Å². The molecule has 6 nitrogen and oxygen atoms in total. The maximum absolute atomic E-state index is 12.1. The van der Waals surface area contributed by atoms with Crippen LogP contribution in [0.25, 0.3) is 0 Å². The fourth-order valence-corrected chi connectivity index (χ4v) is 2.40. The summed E-state index contributed by atoms with van der Waals surface area (Å²) in [5.41, 5.74) is 0. The van der Waals surface area contributed by atoms with E-state index in [1.807, 2.05) is 0 Å². The molecule has 0 saturated carbocycles. The van der Waals surface area contributed by atoms with Crippen LogP contribution in [0.3, 0.4) is 0 Å². The Bertz CT molecular complexity index is 310. The average Bonchev–Trinajstić information content (AvgIpc) is 2.42. The van der Waals surface area contributed by atoms with Crippen LogP contribution in [0.4, 0.5) is 4.79 Å². The zero-order chi connectivity index (χ0) is 14.8. The number of nitrogens with zero attached hydrogens (tertiary/aromatic N) is 1. The van der Waals surface area contributed by atoms with Gasteiger partial charge in [0, 0.05) is 32.3 Å². The van der Waals surface area contributed by atoms with Gasteiger partial charge in [0.1, 0.15) is 0 Å². The molecule has 0 aliphatic carbocycles. The average molecular weight is 286 g/mol. The minimum Gasteiger partial charge on any atom is -0.481 e. The Morgan fingerprint density at radius 1 is 1.35 bits per heavy atom. The summed E-state index contributed by atoms with van der Waals surface area (Å²) in [4.78, 5) is 24.6. The highest BCUT2D eigenvalue weighted by Crippen LogP contribution is 2.19. The van der Waals surface area contributed by atoms with Gasteiger partial charge in [0.05, 0.1) is 6.42 Å². The number of hydrogen-bond acceptors (Lipinski definition) is 3. The van der Waals surface area contributed by atoms with E-state index in [9.17, 15) is 9.59 Å². The molecule has 0 spiro atoms. The molecule has 116 valence electrons. The third-order valence-corrected chi connectivity index (χ3v) is 3.39. The van der Waals surface area contributed by atoms with Crippen LogP contribution in [0.2, 0.25) is 0 Å². The second kappa shape index (κ2) is 9.58. The van der Waals surface area contributed by atoms with Gasteiger partial charge in [-0.1, -0.05) is 6.92 Å². The van der Waals surface area contributed by atoms with Gasteiger partial charge in [-0.15, -0.1) is 0 Å². The Kier molecular flexibility index (Phi) is 8.02. The molecule has 6 heteroatoms. The number of nitrogens with one attached hydrogen (secondary N) is 1. The molecule has 1 heterocycles. The Balaban J connectivity index is 2.26. The molecule has 2 amide bonds. The molecule has 20 heavy (non-hydrogen) atoms. The van der Waals surface area contributed by atoms with Crippen molar-refractivity contribution in [3.05, 3.63) is 0 Å². The van der Waals surface area contributed by atoms with E-state index in [-0.39, 0.29) is 18.5 Å². The topological polar surface area (TPSA) is 78.9 Å². The number of carboxylic acids is 1. The van der Waals surface area contributed by atoms with Crippen LogP contribution in [0.15, 0.2) is 0 Å². The van der Waals surface area contributed by atoms with E-state index in [1.54, 1.807) is 4.90 Å². The summed E-state index contributed by atoms with van der Waals surface area (Å²) in [7, 11) is 0. The lowest BCUT2D eigenvalue weighted by atomic mass is 10.00. The first-order chi connectivity index (χ1) is 9.65. The summed E-state index contributed by atoms with van der Waals surface area (Å²) in [6, 6.07) is -0.316. The highest BCUT2D eigenvalue weighted by atomic mass is 16.5. The first-order valence-electron chi connectivity index (χ1n) is 7.49. The minimum atomic E-state index is -0.845. The van der Waals surface area contributed by atoms with E-state index >= 15 is 0 Å². The van der Waals surface area contributed by atoms with Crippen molar-refractivity contribution in [2.24, 2.45) is 0 Å². The number of carbonyl (C=O) groups excluding carboxylic acids is 1. The van der Waals surface area contributed by atoms with Crippen molar-refractivity contribution < 1.29 is 19.4 Å². The number of carboxylic acid groups (broad SMARTS) is 1. The summed E-state index contributed by atoms with van der Waals surface area (Å²) in [6.45, 7) is 4.67. The Morgan fingerprint density at radius 2 is 2.15 bits per heavy atom. The number of carbonyl (C=O) groups is 2. The van der Waals surface area contributed by atoms with E-state index in [0.717, 1.165) is 38.7 Å². The molecule has 1 saturated heterocycles. The zero-order valence-corrected chi connectivity index (χ0v) is 12.3. The van der Waals surface area contributed by atoms with Crippen LogP contribution in [0, 0.1) is 0 Å². The molecule has 1 aliphatic rings. The summed E-state index contributed by atoms with van der Waals surface area (Å²) in [6.07, 6.45) is 4.53. The van der Waals surface area contributed by atoms with E-state index in [2.05, 4.69) is 12.2 Å². The quantitative estimate of drug-likeness (QED) is 0.667. The van der Waals surface area contributed by atoms with Crippen LogP contribution in [0.5, 0.6) is 0 Å². The third-order valence-electron chi connectivity index (χ3n) is 3.39. The van der Waals surface area contributed by atoms with Crippen molar-refractivity contribution in [1.29, 1.82) is 0 Å². The normalized spacial score (nSPS) is 18.9. The molecule has 2 N–H and O–H groups in total. The molecule has 1 aliphatic heterocycles. The number of urea groups is 1. The smallest absolute Gasteiger partial charge is 0.317 e. The molecule has 1 fully saturated rings. The van der Waals surface area contributed by atoms with Gasteiger partial charge < -0.3 is 20.1 Å². The van der Waals surface area contributed by atoms with E-state index in [1.165, 1.54) is 0 Å². The van der Waals surface area contributed by atoms with Crippen molar-refractivity contribution in [2.75, 3.05) is 26.3 Å². The second-order valence-corrected chi connectivity index (χ2v) is 5.14. The number of aliphatic carboxylic acids is 1. The predicted molar refractivity (Wildman–Crippen MR) is 75.7 cm³/mol. The van der Waals surface area contributed by atoms with Crippen LogP contribution in [-0.4, -0.2) is 54.4 Å². The van der Waals surface area contributed by atoms with Gasteiger partial charge in [0.2, 0.25) is 0 Å². The zero-order valence-electron chi connectivity index (χ0n) is 12.3. The molecule has 1 atom stereocenters. The monoisotopic (exact) mass is 286 g/mol. The largest absolute Gasteiger partial charge is 0.481 e. The first kappa shape index (κ1) is 16.8. The van der Waals surface area contributed by atoms with E-state index in [4.69, 9.17) is 9.84 Å². The molecule has 1 unspecified atom stereocenters. The highest BCUT2D eigenvalue weighted by Gasteiger charge is 2.28. The number of piperidine rings is 1. The Morgan fingerprint density at radius 3 is 2.85 bits per heavy atom. The molecular formula is C14H26N2O4. The molecule has 0 aromatic heterocycles. The third kappa shape index (κ3) is 6.23. The van der Waals surface area contributed by atoms with Gasteiger partial charge in [-0.3, -0.25) is 4.79 Å². The van der Waals surface area contributed by atoms with Crippen LogP contribution < -0.4 is 5.32 Å². The van der Waals surface area contributed by atoms with E-state index in [0.29, 0.717) is 19.7 Å². The summed E-state index contributed by atoms with van der Waals surface area (Å²) in [5, 5.41) is 11.7. The molecule has 0 radical (unpaired) electrons. The number of likely N-dealkylation sites (tertiary alicyclic amines) is 1. The number of hydrogen-bond donors (Lipinski definition) is 2. The maximum atomic E-state index is 12.1. The minimum absolute atomic E-state index is 0.0348. The molecule has 1 rings (SSSR count). The second-order valence-electron chi connectivity index (χ2n) is 5.14. The molecule has 0 bridgehead atoms. The van der Waals surface area contributed by atoms with Crippen molar-refractivity contribution in [3.8, 4) is 0 Å². The van der Waals surface area contributed by atoms with Crippen molar-refractivity contribution in [3.63, 3.8) is 0 Å². The lowest BCUT2D eigenvalue weighted by Crippen LogP contribution is -2.49. The highest BCUT2D eigenvalue weighted by molar-refractivity contribution is 5.76. The first-order valence-corrected chi connectivity index (χ1v) is 7.49. The van der Waals surface area contributed by atoms with Crippen LogP contribution in [-0.2, 0) is 9.53 Å². The van der Waals surface area contributed by atoms with Crippen LogP contribution >= 0.6 is 0 Å². The maximum Gasteiger partial charge on any atom is 0.317 e. The number of ether oxygens (including phenoxy) is 1. The van der Waals surface area contributed by atoms with E-state index < -0.39 is 5.97 Å². The lowest BCUT2D eigenvalue weighted by Gasteiger charge is -2.34. The SMILES string of the molecule is CCCOCCCNC(=O)N1CCCCC1CC(=O)O. The lowest BCUT2D eigenvalue weighted by molar-refractivity contribution is -0.138. The summed E-state index contributed by atoms with van der Waals surface area (Å²) < 4.78 is 5.34. The van der Waals surface area contributed by atoms with Gasteiger partial charge >= 0.3 is 12.0 Å². The number of rotatable bonds is 8. The Hall–Kier alpha value is -1.30. The summed E-state index contributed by atoms with van der Waals surface area (Å²) in [5.74, 6) is -0.845. The Labute approximate surface area is 120 Å². The van der Waals surface area contributed by atoms with Gasteiger partial charge in [0.25, 0.3) is 0 Å². The molecule has 0 aromatic carbocycles. The predicted octanol–water partition coefficient (Wildman–Crippen LogP) is 1.84. The standard InChI is InChI=1S/C14H26N2O4/c1-2-9-20-10-5-7-15-14(19)16-8-4-3-6-12(16)11-13(17)18/h12H,2-11H2,1H3,(H,15,19)(H,17,18). The van der Waals surface area contributed by atoms with Crippen molar-refractivity contribution in [2.45, 2.75) is 51.5 Å². The molecular weight excluding hydrogens is 260 g/mol. The van der Waals surface area contributed by atoms with Gasteiger partial charge in [-0.25, -0.2) is 4.79 Å². The van der Waals surface area contributed by atoms with Crippen molar-refractivity contribution in [1.82, 2.24) is 10.2 Å². The van der Waals surface area contributed by atoms with Crippen molar-refractivity contribution >= 4 is 12.0 Å². The summed E-state index contributed by atoms with van der Waals surface area (Å²) >= 11 is 0. The molecule has 0 aromatic rings. The van der Waals surface area contributed by atoms with Gasteiger partial charge in [0.15, 0.2) is 0 Å².